The summed E-state index contributed by atoms with van der Waals surface area (Å²) in [6, 6.07) is 0.337. The van der Waals surface area contributed by atoms with Crippen molar-refractivity contribution < 1.29 is 9.53 Å². The van der Waals surface area contributed by atoms with Crippen molar-refractivity contribution >= 4 is 5.97 Å². The Kier molecular flexibility index (Phi) is 6.84. The van der Waals surface area contributed by atoms with Crippen LogP contribution in [0.3, 0.4) is 0 Å². The highest BCUT2D eigenvalue weighted by atomic mass is 16.5. The minimum atomic E-state index is -0.263. The van der Waals surface area contributed by atoms with E-state index in [0.29, 0.717) is 18.6 Å². The zero-order valence-electron chi connectivity index (χ0n) is 10.5. The molecule has 3 nitrogen and oxygen atoms in total. The van der Waals surface area contributed by atoms with Crippen molar-refractivity contribution in [1.82, 2.24) is 5.32 Å². The average molecular weight is 213 g/mol. The van der Waals surface area contributed by atoms with E-state index in [1.54, 1.807) is 6.08 Å². The van der Waals surface area contributed by atoms with Crippen LogP contribution < -0.4 is 5.32 Å². The van der Waals surface area contributed by atoms with Gasteiger partial charge in [-0.2, -0.15) is 0 Å². The fourth-order valence-corrected chi connectivity index (χ4v) is 1.30. The van der Waals surface area contributed by atoms with Crippen LogP contribution in [0, 0.1) is 5.92 Å². The molecule has 0 atom stereocenters. The van der Waals surface area contributed by atoms with E-state index in [1.165, 1.54) is 0 Å². The number of hydrogen-bond donors (Lipinski definition) is 1. The van der Waals surface area contributed by atoms with Gasteiger partial charge in [0, 0.05) is 17.8 Å². The van der Waals surface area contributed by atoms with Crippen molar-refractivity contribution in [2.75, 3.05) is 6.61 Å². The standard InChI is InChI=1S/C12H23NO2/c1-6-15-12(14)8-11(7-9(2)3)13-10(4)5/h8-10,13H,6-7H2,1-5H3/b11-8-. The van der Waals surface area contributed by atoms with E-state index in [4.69, 9.17) is 4.74 Å². The van der Waals surface area contributed by atoms with Crippen LogP contribution in [0.1, 0.15) is 41.0 Å². The molecule has 88 valence electrons. The molecule has 3 heteroatoms. The van der Waals surface area contributed by atoms with E-state index >= 15 is 0 Å². The van der Waals surface area contributed by atoms with Gasteiger partial charge in [0.1, 0.15) is 0 Å². The molecule has 1 N–H and O–H groups in total. The monoisotopic (exact) mass is 213 g/mol. The van der Waals surface area contributed by atoms with Crippen LogP contribution in [-0.2, 0) is 9.53 Å². The van der Waals surface area contributed by atoms with Gasteiger partial charge in [-0.15, -0.1) is 0 Å². The Balaban J connectivity index is 4.39. The van der Waals surface area contributed by atoms with Crippen molar-refractivity contribution in [3.05, 3.63) is 11.8 Å². The van der Waals surface area contributed by atoms with Gasteiger partial charge in [0.2, 0.25) is 0 Å². The molecule has 0 aromatic carbocycles. The Hall–Kier alpha value is -0.990. The molecule has 0 aliphatic carbocycles. The zero-order valence-corrected chi connectivity index (χ0v) is 10.5. The first-order chi connectivity index (χ1) is 6.95. The third kappa shape index (κ3) is 8.03. The minimum Gasteiger partial charge on any atom is -0.463 e. The van der Waals surface area contributed by atoms with Crippen molar-refractivity contribution in [2.45, 2.75) is 47.1 Å². The highest BCUT2D eigenvalue weighted by Crippen LogP contribution is 2.09. The molecule has 0 spiro atoms. The van der Waals surface area contributed by atoms with Gasteiger partial charge in [-0.05, 0) is 33.1 Å². The van der Waals surface area contributed by atoms with Gasteiger partial charge < -0.3 is 10.1 Å². The summed E-state index contributed by atoms with van der Waals surface area (Å²) < 4.78 is 4.88. The molecule has 0 aliphatic rings. The number of hydrogen-bond acceptors (Lipinski definition) is 3. The summed E-state index contributed by atoms with van der Waals surface area (Å²) in [6.07, 6.45) is 2.43. The lowest BCUT2D eigenvalue weighted by molar-refractivity contribution is -0.137. The molecule has 0 fully saturated rings. The average Bonchev–Trinajstić information content (AvgIpc) is 2.00. The molecule has 0 rings (SSSR count). The van der Waals surface area contributed by atoms with Gasteiger partial charge >= 0.3 is 5.97 Å². The van der Waals surface area contributed by atoms with Gasteiger partial charge in [-0.3, -0.25) is 0 Å². The lowest BCUT2D eigenvalue weighted by Crippen LogP contribution is -2.24. The molecule has 0 radical (unpaired) electrons. The van der Waals surface area contributed by atoms with Crippen molar-refractivity contribution in [3.8, 4) is 0 Å². The highest BCUT2D eigenvalue weighted by Gasteiger charge is 2.06. The van der Waals surface area contributed by atoms with E-state index in [2.05, 4.69) is 33.0 Å². The summed E-state index contributed by atoms with van der Waals surface area (Å²) in [6.45, 7) is 10.6. The topological polar surface area (TPSA) is 38.3 Å². The van der Waals surface area contributed by atoms with Crippen LogP contribution in [0.2, 0.25) is 0 Å². The Morgan fingerprint density at radius 3 is 2.33 bits per heavy atom. The number of ether oxygens (including phenoxy) is 1. The van der Waals surface area contributed by atoms with Crippen LogP contribution >= 0.6 is 0 Å². The number of nitrogens with one attached hydrogen (secondary N) is 1. The van der Waals surface area contributed by atoms with Crippen LogP contribution in [0.5, 0.6) is 0 Å². The number of esters is 1. The second-order valence-electron chi connectivity index (χ2n) is 4.32. The molecule has 0 aromatic rings. The van der Waals surface area contributed by atoms with Crippen molar-refractivity contribution in [2.24, 2.45) is 5.92 Å². The Bertz CT molecular complexity index is 208. The summed E-state index contributed by atoms with van der Waals surface area (Å²) in [5, 5.41) is 3.26. The molecule has 0 saturated heterocycles. The fraction of sp³-hybridized carbons (Fsp3) is 0.750. The first-order valence-electron chi connectivity index (χ1n) is 5.59. The maximum absolute atomic E-state index is 11.3. The second-order valence-corrected chi connectivity index (χ2v) is 4.32. The molecule has 0 unspecified atom stereocenters. The van der Waals surface area contributed by atoms with Crippen LogP contribution in [0.15, 0.2) is 11.8 Å². The number of carbonyl (C=O) groups excluding carboxylic acids is 1. The van der Waals surface area contributed by atoms with Gasteiger partial charge in [0.05, 0.1) is 6.61 Å². The van der Waals surface area contributed by atoms with E-state index in [1.807, 2.05) is 6.92 Å². The molecule has 0 saturated carbocycles. The predicted molar refractivity (Wildman–Crippen MR) is 62.4 cm³/mol. The van der Waals surface area contributed by atoms with E-state index < -0.39 is 0 Å². The van der Waals surface area contributed by atoms with E-state index in [-0.39, 0.29) is 5.97 Å². The van der Waals surface area contributed by atoms with Crippen LogP contribution in [0.4, 0.5) is 0 Å². The first-order valence-corrected chi connectivity index (χ1v) is 5.59. The zero-order chi connectivity index (χ0) is 11.8. The summed E-state index contributed by atoms with van der Waals surface area (Å²) in [7, 11) is 0. The third-order valence-corrected chi connectivity index (χ3v) is 1.68. The second kappa shape index (κ2) is 7.32. The largest absolute Gasteiger partial charge is 0.463 e. The van der Waals surface area contributed by atoms with Gasteiger partial charge in [0.15, 0.2) is 0 Å². The van der Waals surface area contributed by atoms with Crippen molar-refractivity contribution in [1.29, 1.82) is 0 Å². The summed E-state index contributed by atoms with van der Waals surface area (Å²) >= 11 is 0. The first kappa shape index (κ1) is 14.0. The highest BCUT2D eigenvalue weighted by molar-refractivity contribution is 5.82. The molecule has 0 aliphatic heterocycles. The maximum atomic E-state index is 11.3. The fourth-order valence-electron chi connectivity index (χ4n) is 1.30. The molecule has 0 aromatic heterocycles. The van der Waals surface area contributed by atoms with Gasteiger partial charge in [0.25, 0.3) is 0 Å². The number of carbonyl (C=O) groups is 1. The van der Waals surface area contributed by atoms with Gasteiger partial charge in [-0.1, -0.05) is 13.8 Å². The Morgan fingerprint density at radius 1 is 1.33 bits per heavy atom. The molecular weight excluding hydrogens is 190 g/mol. The molecular formula is C12H23NO2. The third-order valence-electron chi connectivity index (χ3n) is 1.68. The molecule has 0 amide bonds. The summed E-state index contributed by atoms with van der Waals surface area (Å²) in [4.78, 5) is 11.3. The predicted octanol–water partition coefficient (Wildman–Crippen LogP) is 2.48. The molecule has 0 heterocycles. The molecule has 0 bridgehead atoms. The van der Waals surface area contributed by atoms with Gasteiger partial charge in [-0.25, -0.2) is 4.79 Å². The van der Waals surface area contributed by atoms with Crippen LogP contribution in [0.25, 0.3) is 0 Å². The maximum Gasteiger partial charge on any atom is 0.332 e. The van der Waals surface area contributed by atoms with E-state index in [0.717, 1.165) is 12.1 Å². The lowest BCUT2D eigenvalue weighted by Gasteiger charge is -2.15. The molecule has 15 heavy (non-hydrogen) atoms. The summed E-state index contributed by atoms with van der Waals surface area (Å²) in [5.74, 6) is 0.262. The van der Waals surface area contributed by atoms with Crippen molar-refractivity contribution in [3.63, 3.8) is 0 Å². The quantitative estimate of drug-likeness (QED) is 0.544. The Labute approximate surface area is 92.9 Å². The smallest absolute Gasteiger partial charge is 0.332 e. The number of rotatable bonds is 6. The summed E-state index contributed by atoms with van der Waals surface area (Å²) in [5.41, 5.74) is 0.957. The SMILES string of the molecule is CCOC(=O)/C=C(/CC(C)C)NC(C)C. The lowest BCUT2D eigenvalue weighted by atomic mass is 10.1. The van der Waals surface area contributed by atoms with E-state index in [9.17, 15) is 4.79 Å². The Morgan fingerprint density at radius 2 is 1.93 bits per heavy atom. The minimum absolute atomic E-state index is 0.263. The normalized spacial score (nSPS) is 12.1. The number of allylic oxidation sites excluding steroid dienone is 1. The van der Waals surface area contributed by atoms with Crippen LogP contribution in [-0.4, -0.2) is 18.6 Å².